The number of carbonyl (C=O) groups is 1. The van der Waals surface area contributed by atoms with E-state index in [1.54, 1.807) is 18.2 Å². The Hall–Kier alpha value is -2.41. The molecule has 23 heavy (non-hydrogen) atoms. The number of hydrogen-bond acceptors (Lipinski definition) is 5. The van der Waals surface area contributed by atoms with Crippen molar-refractivity contribution in [3.8, 4) is 0 Å². The molecule has 1 unspecified atom stereocenters. The third-order valence-corrected chi connectivity index (χ3v) is 4.02. The number of nitrogens with two attached hydrogens (primary N) is 1. The van der Waals surface area contributed by atoms with Crippen LogP contribution < -0.4 is 16.0 Å². The molecule has 1 aliphatic heterocycles. The number of hydrogen-bond donors (Lipinski definition) is 2. The average molecular weight is 336 g/mol. The summed E-state index contributed by atoms with van der Waals surface area (Å²) in [5.41, 5.74) is 6.14. The fourth-order valence-electron chi connectivity index (χ4n) is 2.54. The van der Waals surface area contributed by atoms with Crippen LogP contribution in [0.25, 0.3) is 0 Å². The summed E-state index contributed by atoms with van der Waals surface area (Å²) < 4.78 is 13.2. The maximum Gasteiger partial charge on any atom is 0.269 e. The lowest BCUT2D eigenvalue weighted by Gasteiger charge is -2.19. The summed E-state index contributed by atoms with van der Waals surface area (Å²) in [6, 6.07) is 8.08. The molecule has 1 saturated heterocycles. The molecule has 0 saturated carbocycles. The maximum absolute atomic E-state index is 13.2. The molecule has 1 amide bonds. The van der Waals surface area contributed by atoms with Crippen LogP contribution in [0.5, 0.6) is 0 Å². The van der Waals surface area contributed by atoms with Gasteiger partial charge < -0.3 is 16.0 Å². The zero-order chi connectivity index (χ0) is 16.4. The first-order valence-electron chi connectivity index (χ1n) is 7.13. The predicted molar refractivity (Wildman–Crippen MR) is 86.2 cm³/mol. The average Bonchev–Trinajstić information content (AvgIpc) is 2.99. The van der Waals surface area contributed by atoms with Crippen LogP contribution in [0.1, 0.15) is 16.9 Å². The minimum atomic E-state index is -0.607. The number of primary amides is 1. The fourth-order valence-corrected chi connectivity index (χ4v) is 2.72. The Bertz CT molecular complexity index is 724. The molecule has 1 aromatic heterocycles. The lowest BCUT2D eigenvalue weighted by atomic mass is 10.2. The highest BCUT2D eigenvalue weighted by Gasteiger charge is 2.23. The summed E-state index contributed by atoms with van der Waals surface area (Å²) in [6.45, 7) is 1.56. The highest BCUT2D eigenvalue weighted by atomic mass is 35.5. The third kappa shape index (κ3) is 3.50. The maximum atomic E-state index is 13.2. The van der Waals surface area contributed by atoms with Gasteiger partial charge in [0.05, 0.1) is 5.02 Å². The van der Waals surface area contributed by atoms with Gasteiger partial charge >= 0.3 is 0 Å². The number of benzene rings is 1. The van der Waals surface area contributed by atoms with Crippen LogP contribution in [0.3, 0.4) is 0 Å². The lowest BCUT2D eigenvalue weighted by Crippen LogP contribution is -2.26. The Morgan fingerprint density at radius 1 is 1.35 bits per heavy atom. The van der Waals surface area contributed by atoms with Gasteiger partial charge in [-0.3, -0.25) is 4.79 Å². The molecule has 8 heteroatoms. The van der Waals surface area contributed by atoms with Crippen molar-refractivity contribution < 1.29 is 9.18 Å². The van der Waals surface area contributed by atoms with E-state index in [0.29, 0.717) is 5.82 Å². The van der Waals surface area contributed by atoms with Crippen molar-refractivity contribution in [2.75, 3.05) is 23.3 Å². The van der Waals surface area contributed by atoms with E-state index in [4.69, 9.17) is 17.3 Å². The molecule has 6 nitrogen and oxygen atoms in total. The number of nitrogens with one attached hydrogen (secondary N) is 1. The Balaban J connectivity index is 1.63. The van der Waals surface area contributed by atoms with E-state index < -0.39 is 11.7 Å². The molecule has 0 bridgehead atoms. The molecular weight excluding hydrogens is 321 g/mol. The predicted octanol–water partition coefficient (Wildman–Crippen LogP) is 2.06. The molecule has 0 spiro atoms. The second-order valence-corrected chi connectivity index (χ2v) is 5.75. The van der Waals surface area contributed by atoms with Gasteiger partial charge in [-0.1, -0.05) is 11.6 Å². The van der Waals surface area contributed by atoms with Gasteiger partial charge in [0.1, 0.15) is 11.6 Å². The van der Waals surface area contributed by atoms with Crippen LogP contribution >= 0.6 is 11.6 Å². The van der Waals surface area contributed by atoms with E-state index in [-0.39, 0.29) is 16.8 Å². The van der Waals surface area contributed by atoms with Crippen molar-refractivity contribution in [3.63, 3.8) is 0 Å². The zero-order valence-corrected chi connectivity index (χ0v) is 12.9. The van der Waals surface area contributed by atoms with E-state index in [2.05, 4.69) is 20.4 Å². The van der Waals surface area contributed by atoms with Crippen LogP contribution in [-0.4, -0.2) is 35.2 Å². The smallest absolute Gasteiger partial charge is 0.269 e. The fraction of sp³-hybridized carbons (Fsp3) is 0.267. The SMILES string of the molecule is NC(=O)c1ccc(NC2CCN(c3ccc(F)c(Cl)c3)C2)nn1. The number of halogens is 2. The molecular formula is C15H15ClFN5O. The Morgan fingerprint density at radius 3 is 2.83 bits per heavy atom. The van der Waals surface area contributed by atoms with Crippen molar-refractivity contribution in [2.24, 2.45) is 5.73 Å². The van der Waals surface area contributed by atoms with Gasteiger partial charge in [0.15, 0.2) is 5.69 Å². The van der Waals surface area contributed by atoms with Crippen LogP contribution in [0.4, 0.5) is 15.9 Å². The molecule has 0 radical (unpaired) electrons. The van der Waals surface area contributed by atoms with Gasteiger partial charge in [-0.15, -0.1) is 10.2 Å². The first-order valence-corrected chi connectivity index (χ1v) is 7.51. The summed E-state index contributed by atoms with van der Waals surface area (Å²) in [6.07, 6.45) is 0.897. The van der Waals surface area contributed by atoms with Gasteiger partial charge in [0.2, 0.25) is 0 Å². The summed E-state index contributed by atoms with van der Waals surface area (Å²) in [7, 11) is 0. The first-order chi connectivity index (χ1) is 11.0. The zero-order valence-electron chi connectivity index (χ0n) is 12.2. The molecule has 3 rings (SSSR count). The minimum absolute atomic E-state index is 0.117. The monoisotopic (exact) mass is 335 g/mol. The molecule has 0 aliphatic carbocycles. The van der Waals surface area contributed by atoms with E-state index in [1.165, 1.54) is 12.1 Å². The van der Waals surface area contributed by atoms with Crippen molar-refractivity contribution in [1.82, 2.24) is 10.2 Å². The Morgan fingerprint density at radius 2 is 2.17 bits per heavy atom. The number of anilines is 2. The van der Waals surface area contributed by atoms with E-state index >= 15 is 0 Å². The highest BCUT2D eigenvalue weighted by Crippen LogP contribution is 2.26. The van der Waals surface area contributed by atoms with Gasteiger partial charge in [-0.2, -0.15) is 0 Å². The number of amides is 1. The largest absolute Gasteiger partial charge is 0.369 e. The van der Waals surface area contributed by atoms with Crippen LogP contribution in [0.2, 0.25) is 5.02 Å². The van der Waals surface area contributed by atoms with Crippen molar-refractivity contribution in [3.05, 3.63) is 46.9 Å². The third-order valence-electron chi connectivity index (χ3n) is 3.73. The molecule has 1 fully saturated rings. The summed E-state index contributed by atoms with van der Waals surface area (Å²) in [4.78, 5) is 13.1. The Labute approximate surface area is 137 Å². The van der Waals surface area contributed by atoms with Gasteiger partial charge in [-0.05, 0) is 36.8 Å². The summed E-state index contributed by atoms with van der Waals surface area (Å²) in [5, 5.41) is 11.1. The van der Waals surface area contributed by atoms with E-state index in [0.717, 1.165) is 25.2 Å². The number of aromatic nitrogens is 2. The van der Waals surface area contributed by atoms with E-state index in [9.17, 15) is 9.18 Å². The van der Waals surface area contributed by atoms with Gasteiger partial charge in [0, 0.05) is 24.8 Å². The quantitative estimate of drug-likeness (QED) is 0.893. The van der Waals surface area contributed by atoms with Gasteiger partial charge in [0.25, 0.3) is 5.91 Å². The van der Waals surface area contributed by atoms with Crippen LogP contribution in [0, 0.1) is 5.82 Å². The molecule has 1 aliphatic rings. The number of carbonyl (C=O) groups excluding carboxylic acids is 1. The van der Waals surface area contributed by atoms with Crippen LogP contribution in [-0.2, 0) is 0 Å². The number of rotatable bonds is 4. The summed E-state index contributed by atoms with van der Waals surface area (Å²) >= 11 is 5.83. The van der Waals surface area contributed by atoms with Crippen molar-refractivity contribution >= 4 is 29.0 Å². The first kappa shape index (κ1) is 15.5. The normalized spacial score (nSPS) is 17.3. The summed E-state index contributed by atoms with van der Waals surface area (Å²) in [5.74, 6) is -0.447. The molecule has 3 N–H and O–H groups in total. The molecule has 2 heterocycles. The second-order valence-electron chi connectivity index (χ2n) is 5.34. The molecule has 120 valence electrons. The molecule has 1 aromatic carbocycles. The Kier molecular flexibility index (Phi) is 4.29. The number of nitrogens with zero attached hydrogens (tertiary/aromatic N) is 3. The standard InChI is InChI=1S/C15H15ClFN5O/c16-11-7-10(1-2-12(11)17)22-6-5-9(8-22)19-14-4-3-13(15(18)23)20-21-14/h1-4,7,9H,5-6,8H2,(H2,18,23)(H,19,21). The van der Waals surface area contributed by atoms with Crippen LogP contribution in [0.15, 0.2) is 30.3 Å². The molecule has 2 aromatic rings. The van der Waals surface area contributed by atoms with Crippen molar-refractivity contribution in [1.29, 1.82) is 0 Å². The highest BCUT2D eigenvalue weighted by molar-refractivity contribution is 6.31. The second kappa shape index (κ2) is 6.37. The topological polar surface area (TPSA) is 84.1 Å². The minimum Gasteiger partial charge on any atom is -0.369 e. The molecule has 1 atom stereocenters. The van der Waals surface area contributed by atoms with Gasteiger partial charge in [-0.25, -0.2) is 4.39 Å². The van der Waals surface area contributed by atoms with Crippen molar-refractivity contribution in [2.45, 2.75) is 12.5 Å². The van der Waals surface area contributed by atoms with E-state index in [1.807, 2.05) is 0 Å². The lowest BCUT2D eigenvalue weighted by molar-refractivity contribution is 0.0994.